The Morgan fingerprint density at radius 3 is 1.83 bits per heavy atom. The molecule has 0 unspecified atom stereocenters. The smallest absolute Gasteiger partial charge is 0.160 e. The second-order valence-corrected chi connectivity index (χ2v) is 14.9. The summed E-state index contributed by atoms with van der Waals surface area (Å²) in [5.41, 5.74) is 16.2. The number of hydrogen-bond acceptors (Lipinski definition) is 3. The van der Waals surface area contributed by atoms with Gasteiger partial charge in [0.05, 0.1) is 5.69 Å². The van der Waals surface area contributed by atoms with Gasteiger partial charge in [-0.3, -0.25) is 0 Å². The number of benzene rings is 8. The molecule has 0 amide bonds. The van der Waals surface area contributed by atoms with Crippen LogP contribution < -0.4 is 4.90 Å². The number of fused-ring (bicyclic) bond motifs is 10. The zero-order valence-corrected chi connectivity index (χ0v) is 30.0. The summed E-state index contributed by atoms with van der Waals surface area (Å²) in [6.07, 6.45) is 0. The largest absolute Gasteiger partial charge is 0.456 e. The summed E-state index contributed by atoms with van der Waals surface area (Å²) in [7, 11) is 0. The lowest BCUT2D eigenvalue weighted by atomic mass is 9.82. The number of para-hydroxylation sites is 2. The third-order valence-corrected chi connectivity index (χ3v) is 11.5. The summed E-state index contributed by atoms with van der Waals surface area (Å²) in [4.78, 5) is 2.40. The first-order valence-electron chi connectivity index (χ1n) is 18.6. The zero-order chi connectivity index (χ0) is 36.0. The minimum absolute atomic E-state index is 0.153. The molecule has 0 spiro atoms. The first-order chi connectivity index (χ1) is 26.5. The van der Waals surface area contributed by atoms with Crippen molar-refractivity contribution in [2.75, 3.05) is 4.90 Å². The van der Waals surface area contributed by atoms with E-state index in [1.165, 1.54) is 33.4 Å². The summed E-state index contributed by atoms with van der Waals surface area (Å²) in [6.45, 7) is 4.68. The summed E-state index contributed by atoms with van der Waals surface area (Å²) in [6, 6.07) is 62.9. The van der Waals surface area contributed by atoms with Crippen LogP contribution in [0.4, 0.5) is 17.1 Å². The van der Waals surface area contributed by atoms with Gasteiger partial charge in [-0.2, -0.15) is 0 Å². The van der Waals surface area contributed by atoms with Crippen molar-refractivity contribution >= 4 is 60.9 Å². The molecule has 0 atom stereocenters. The van der Waals surface area contributed by atoms with Crippen LogP contribution in [-0.4, -0.2) is 0 Å². The van der Waals surface area contributed by atoms with Gasteiger partial charge in [-0.1, -0.05) is 141 Å². The number of anilines is 3. The van der Waals surface area contributed by atoms with E-state index in [9.17, 15) is 0 Å². The van der Waals surface area contributed by atoms with E-state index in [2.05, 4.69) is 176 Å². The van der Waals surface area contributed by atoms with Crippen LogP contribution in [-0.2, 0) is 5.41 Å². The van der Waals surface area contributed by atoms with E-state index in [0.29, 0.717) is 0 Å². The Balaban J connectivity index is 1.22. The summed E-state index contributed by atoms with van der Waals surface area (Å²) >= 11 is 0. The highest BCUT2D eigenvalue weighted by Gasteiger charge is 2.36. The fourth-order valence-electron chi connectivity index (χ4n) is 8.87. The number of rotatable bonds is 5. The lowest BCUT2D eigenvalue weighted by molar-refractivity contribution is 0.660. The van der Waals surface area contributed by atoms with Crippen molar-refractivity contribution in [3.8, 4) is 33.4 Å². The summed E-state index contributed by atoms with van der Waals surface area (Å²) in [5.74, 6) is 0. The van der Waals surface area contributed by atoms with Crippen LogP contribution in [0.15, 0.2) is 185 Å². The molecule has 0 aliphatic heterocycles. The Labute approximate surface area is 313 Å². The normalized spacial score (nSPS) is 13.1. The molecular weight excluding hydrogens is 659 g/mol. The maximum atomic E-state index is 7.09. The molecule has 0 N–H and O–H groups in total. The highest BCUT2D eigenvalue weighted by atomic mass is 16.3. The minimum atomic E-state index is -0.153. The van der Waals surface area contributed by atoms with Crippen molar-refractivity contribution in [1.82, 2.24) is 0 Å². The van der Waals surface area contributed by atoms with Crippen molar-refractivity contribution in [3.05, 3.63) is 187 Å². The molecule has 10 aromatic rings. The summed E-state index contributed by atoms with van der Waals surface area (Å²) in [5, 5.41) is 4.29. The molecule has 8 aromatic carbocycles. The van der Waals surface area contributed by atoms with E-state index in [1.54, 1.807) is 0 Å². The molecule has 3 nitrogen and oxygen atoms in total. The molecule has 1 aliphatic carbocycles. The quantitative estimate of drug-likeness (QED) is 0.180. The highest BCUT2D eigenvalue weighted by molar-refractivity contribution is 6.27. The monoisotopic (exact) mass is 693 g/mol. The topological polar surface area (TPSA) is 29.5 Å². The Morgan fingerprint density at radius 1 is 0.407 bits per heavy atom. The van der Waals surface area contributed by atoms with E-state index in [1.807, 2.05) is 18.2 Å². The van der Waals surface area contributed by atoms with E-state index < -0.39 is 0 Å². The van der Waals surface area contributed by atoms with E-state index in [0.717, 1.165) is 72.1 Å². The van der Waals surface area contributed by atoms with Gasteiger partial charge in [0, 0.05) is 43.9 Å². The molecule has 11 rings (SSSR count). The van der Waals surface area contributed by atoms with Crippen molar-refractivity contribution in [3.63, 3.8) is 0 Å². The van der Waals surface area contributed by atoms with Gasteiger partial charge in [-0.05, 0) is 87.5 Å². The third kappa shape index (κ3) is 4.48. The lowest BCUT2D eigenvalue weighted by Gasteiger charge is -2.30. The van der Waals surface area contributed by atoms with Gasteiger partial charge >= 0.3 is 0 Å². The predicted octanol–water partition coefficient (Wildman–Crippen LogP) is 14.6. The van der Waals surface area contributed by atoms with Crippen LogP contribution in [0.5, 0.6) is 0 Å². The summed E-state index contributed by atoms with van der Waals surface area (Å²) < 4.78 is 13.5. The van der Waals surface area contributed by atoms with Gasteiger partial charge < -0.3 is 13.7 Å². The van der Waals surface area contributed by atoms with Gasteiger partial charge in [0.1, 0.15) is 16.7 Å². The SMILES string of the molecule is CC1(C)c2ccccc2-c2ccc(N(c3ccccc3)c3c(-c4ccc(-c5ccccc5)cc4)ccc4c3oc3ccc5oc6ccccc6c5c34)cc21. The van der Waals surface area contributed by atoms with Crippen LogP contribution in [0, 0.1) is 0 Å². The Morgan fingerprint density at radius 2 is 1.02 bits per heavy atom. The number of nitrogens with zero attached hydrogens (tertiary/aromatic N) is 1. The molecule has 256 valence electrons. The molecule has 54 heavy (non-hydrogen) atoms. The molecule has 0 fully saturated rings. The van der Waals surface area contributed by atoms with Gasteiger partial charge in [-0.15, -0.1) is 0 Å². The molecule has 3 heteroatoms. The second-order valence-electron chi connectivity index (χ2n) is 14.9. The van der Waals surface area contributed by atoms with E-state index in [-0.39, 0.29) is 5.41 Å². The van der Waals surface area contributed by atoms with Crippen molar-refractivity contribution in [1.29, 1.82) is 0 Å². The average molecular weight is 694 g/mol. The third-order valence-electron chi connectivity index (χ3n) is 11.5. The Hall–Kier alpha value is -6.84. The van der Waals surface area contributed by atoms with Gasteiger partial charge in [0.25, 0.3) is 0 Å². The molecule has 2 aromatic heterocycles. The molecule has 0 radical (unpaired) electrons. The van der Waals surface area contributed by atoms with Crippen LogP contribution in [0.3, 0.4) is 0 Å². The molecule has 2 heterocycles. The van der Waals surface area contributed by atoms with E-state index >= 15 is 0 Å². The first kappa shape index (κ1) is 30.8. The highest BCUT2D eigenvalue weighted by Crippen LogP contribution is 2.53. The van der Waals surface area contributed by atoms with Crippen LogP contribution in [0.25, 0.3) is 77.3 Å². The standard InChI is InChI=1S/C51H35NO2/c1-51(2)42-19-11-9-17-38(42)39-26-25-36(31-43(39)51)52(35-15-7-4-8-16-35)49-37(34-23-21-33(22-24-34)32-13-5-3-6-14-32)27-28-41-48-46(54-50(41)49)30-29-45-47(48)40-18-10-12-20-44(40)53-45/h3-31H,1-2H3. The lowest BCUT2D eigenvalue weighted by Crippen LogP contribution is -2.17. The molecule has 0 bridgehead atoms. The average Bonchev–Trinajstić information content (AvgIpc) is 3.86. The molecule has 1 aliphatic rings. The minimum Gasteiger partial charge on any atom is -0.456 e. The van der Waals surface area contributed by atoms with Gasteiger partial charge in [0.15, 0.2) is 5.58 Å². The van der Waals surface area contributed by atoms with Crippen LogP contribution in [0.2, 0.25) is 0 Å². The Kier molecular flexibility index (Phi) is 6.60. The molecular formula is C51H35NO2. The van der Waals surface area contributed by atoms with Gasteiger partial charge in [-0.25, -0.2) is 0 Å². The first-order valence-corrected chi connectivity index (χ1v) is 18.6. The maximum Gasteiger partial charge on any atom is 0.160 e. The number of furan rings is 2. The molecule has 0 saturated carbocycles. The fraction of sp³-hybridized carbons (Fsp3) is 0.0588. The maximum absolute atomic E-state index is 7.09. The zero-order valence-electron chi connectivity index (χ0n) is 30.0. The fourth-order valence-corrected chi connectivity index (χ4v) is 8.87. The van der Waals surface area contributed by atoms with Crippen molar-refractivity contribution in [2.24, 2.45) is 0 Å². The van der Waals surface area contributed by atoms with Gasteiger partial charge in [0.2, 0.25) is 0 Å². The van der Waals surface area contributed by atoms with Crippen molar-refractivity contribution < 1.29 is 8.83 Å². The van der Waals surface area contributed by atoms with Crippen LogP contribution in [0.1, 0.15) is 25.0 Å². The second kappa shape index (κ2) is 11.6. The Bertz CT molecular complexity index is 3060. The molecule has 0 saturated heterocycles. The number of hydrogen-bond donors (Lipinski definition) is 0. The van der Waals surface area contributed by atoms with Crippen LogP contribution >= 0.6 is 0 Å². The van der Waals surface area contributed by atoms with Crippen molar-refractivity contribution in [2.45, 2.75) is 19.3 Å². The predicted molar refractivity (Wildman–Crippen MR) is 224 cm³/mol. The van der Waals surface area contributed by atoms with E-state index in [4.69, 9.17) is 8.83 Å².